The van der Waals surface area contributed by atoms with Crippen molar-refractivity contribution in [2.45, 2.75) is 32.4 Å². The highest BCUT2D eigenvalue weighted by Gasteiger charge is 2.09. The summed E-state index contributed by atoms with van der Waals surface area (Å²) in [4.78, 5) is 0. The van der Waals surface area contributed by atoms with Crippen LogP contribution < -0.4 is 4.74 Å². The number of hydrogen-bond donors (Lipinski definition) is 1. The average molecular weight is 261 g/mol. The predicted octanol–water partition coefficient (Wildman–Crippen LogP) is 2.19. The standard InChI is InChI=1S/C14H19N3O2/c1-2-14(18)13-11-17(16-15-13)9-6-10-19-12-7-4-3-5-8-12/h3-5,7-8,11,14,18H,2,6,9-10H2,1H3. The highest BCUT2D eigenvalue weighted by atomic mass is 16.5. The maximum atomic E-state index is 9.62. The third-order valence-corrected chi connectivity index (χ3v) is 2.83. The van der Waals surface area contributed by atoms with Gasteiger partial charge in [-0.15, -0.1) is 5.10 Å². The van der Waals surface area contributed by atoms with Crippen molar-refractivity contribution in [2.75, 3.05) is 6.61 Å². The van der Waals surface area contributed by atoms with E-state index in [0.29, 0.717) is 18.7 Å². The molecule has 5 heteroatoms. The Morgan fingerprint density at radius 2 is 2.11 bits per heavy atom. The van der Waals surface area contributed by atoms with Crippen molar-refractivity contribution in [3.05, 3.63) is 42.2 Å². The lowest BCUT2D eigenvalue weighted by Gasteiger charge is -2.05. The zero-order chi connectivity index (χ0) is 13.5. The van der Waals surface area contributed by atoms with Gasteiger partial charge in [-0.05, 0) is 18.6 Å². The first-order valence-electron chi connectivity index (χ1n) is 6.55. The summed E-state index contributed by atoms with van der Waals surface area (Å²) in [7, 11) is 0. The molecule has 1 atom stereocenters. The number of nitrogens with zero attached hydrogens (tertiary/aromatic N) is 3. The van der Waals surface area contributed by atoms with Crippen LogP contribution in [0.4, 0.5) is 0 Å². The SMILES string of the molecule is CCC(O)c1cn(CCCOc2ccccc2)nn1. The zero-order valence-corrected chi connectivity index (χ0v) is 11.1. The fraction of sp³-hybridized carbons (Fsp3) is 0.429. The van der Waals surface area contributed by atoms with Crippen LogP contribution in [0.5, 0.6) is 5.75 Å². The molecule has 1 aromatic carbocycles. The Morgan fingerprint density at radius 1 is 1.32 bits per heavy atom. The van der Waals surface area contributed by atoms with Gasteiger partial charge in [-0.25, -0.2) is 0 Å². The molecule has 0 saturated carbocycles. The lowest BCUT2D eigenvalue weighted by atomic mass is 10.2. The van der Waals surface area contributed by atoms with Crippen molar-refractivity contribution in [1.82, 2.24) is 15.0 Å². The maximum absolute atomic E-state index is 9.62. The van der Waals surface area contributed by atoms with Crippen LogP contribution in [-0.2, 0) is 6.54 Å². The summed E-state index contributed by atoms with van der Waals surface area (Å²) in [6, 6.07) is 9.73. The van der Waals surface area contributed by atoms with Gasteiger partial charge < -0.3 is 9.84 Å². The summed E-state index contributed by atoms with van der Waals surface area (Å²) in [5.74, 6) is 0.878. The Morgan fingerprint density at radius 3 is 2.84 bits per heavy atom. The second kappa shape index (κ2) is 6.89. The van der Waals surface area contributed by atoms with Crippen molar-refractivity contribution in [2.24, 2.45) is 0 Å². The fourth-order valence-electron chi connectivity index (χ4n) is 1.72. The van der Waals surface area contributed by atoms with E-state index >= 15 is 0 Å². The molecule has 2 rings (SSSR count). The maximum Gasteiger partial charge on any atom is 0.119 e. The second-order valence-electron chi connectivity index (χ2n) is 4.35. The van der Waals surface area contributed by atoms with E-state index < -0.39 is 6.10 Å². The van der Waals surface area contributed by atoms with E-state index in [1.54, 1.807) is 10.9 Å². The van der Waals surface area contributed by atoms with Gasteiger partial charge in [-0.2, -0.15) is 0 Å². The van der Waals surface area contributed by atoms with E-state index in [1.807, 2.05) is 37.3 Å². The fourth-order valence-corrected chi connectivity index (χ4v) is 1.72. The number of aliphatic hydroxyl groups is 1. The van der Waals surface area contributed by atoms with Gasteiger partial charge in [0.15, 0.2) is 0 Å². The zero-order valence-electron chi connectivity index (χ0n) is 11.1. The van der Waals surface area contributed by atoms with Gasteiger partial charge in [0.25, 0.3) is 0 Å². The number of rotatable bonds is 7. The predicted molar refractivity (Wildman–Crippen MR) is 71.8 cm³/mol. The van der Waals surface area contributed by atoms with Crippen LogP contribution in [0.3, 0.4) is 0 Å². The molecule has 0 spiro atoms. The molecule has 0 saturated heterocycles. The first-order chi connectivity index (χ1) is 9.29. The molecule has 1 heterocycles. The average Bonchev–Trinajstić information content (AvgIpc) is 2.93. The summed E-state index contributed by atoms with van der Waals surface area (Å²) >= 11 is 0. The molecule has 0 radical (unpaired) electrons. The molecule has 19 heavy (non-hydrogen) atoms. The number of aliphatic hydroxyl groups excluding tert-OH is 1. The van der Waals surface area contributed by atoms with E-state index in [4.69, 9.17) is 4.74 Å². The van der Waals surface area contributed by atoms with Gasteiger partial charge >= 0.3 is 0 Å². The Labute approximate surface area is 112 Å². The number of para-hydroxylation sites is 1. The molecule has 0 aliphatic rings. The van der Waals surface area contributed by atoms with E-state index in [1.165, 1.54) is 0 Å². The Kier molecular flexibility index (Phi) is 4.92. The molecule has 5 nitrogen and oxygen atoms in total. The van der Waals surface area contributed by atoms with Gasteiger partial charge in [0, 0.05) is 13.0 Å². The first-order valence-corrected chi connectivity index (χ1v) is 6.55. The Hall–Kier alpha value is -1.88. The van der Waals surface area contributed by atoms with Gasteiger partial charge in [-0.1, -0.05) is 30.3 Å². The van der Waals surface area contributed by atoms with Crippen LogP contribution in [0.2, 0.25) is 0 Å². The smallest absolute Gasteiger partial charge is 0.119 e. The lowest BCUT2D eigenvalue weighted by Crippen LogP contribution is -2.05. The lowest BCUT2D eigenvalue weighted by molar-refractivity contribution is 0.168. The van der Waals surface area contributed by atoms with Crippen LogP contribution in [0, 0.1) is 0 Å². The first kappa shape index (κ1) is 13.5. The quantitative estimate of drug-likeness (QED) is 0.776. The minimum atomic E-state index is -0.519. The van der Waals surface area contributed by atoms with E-state index in [9.17, 15) is 5.11 Å². The summed E-state index contributed by atoms with van der Waals surface area (Å²) in [6.07, 6.45) is 2.76. The second-order valence-corrected chi connectivity index (χ2v) is 4.35. The van der Waals surface area contributed by atoms with Crippen molar-refractivity contribution >= 4 is 0 Å². The van der Waals surface area contributed by atoms with Crippen LogP contribution in [0.25, 0.3) is 0 Å². The summed E-state index contributed by atoms with van der Waals surface area (Å²) in [5.41, 5.74) is 0.631. The van der Waals surface area contributed by atoms with Crippen LogP contribution >= 0.6 is 0 Å². The molecular formula is C14H19N3O2. The molecule has 2 aromatic rings. The number of benzene rings is 1. The molecule has 1 N–H and O–H groups in total. The normalized spacial score (nSPS) is 12.3. The third-order valence-electron chi connectivity index (χ3n) is 2.83. The highest BCUT2D eigenvalue weighted by Crippen LogP contribution is 2.12. The topological polar surface area (TPSA) is 60.2 Å². The minimum absolute atomic E-state index is 0.519. The summed E-state index contributed by atoms with van der Waals surface area (Å²) < 4.78 is 7.33. The van der Waals surface area contributed by atoms with Crippen LogP contribution in [-0.4, -0.2) is 26.7 Å². The monoisotopic (exact) mass is 261 g/mol. The van der Waals surface area contributed by atoms with Crippen molar-refractivity contribution < 1.29 is 9.84 Å². The summed E-state index contributed by atoms with van der Waals surface area (Å²) in [5, 5.41) is 17.5. The van der Waals surface area contributed by atoms with Crippen LogP contribution in [0.15, 0.2) is 36.5 Å². The summed E-state index contributed by atoms with van der Waals surface area (Å²) in [6.45, 7) is 3.28. The largest absolute Gasteiger partial charge is 0.494 e. The van der Waals surface area contributed by atoms with Crippen molar-refractivity contribution in [3.8, 4) is 5.75 Å². The molecule has 1 aromatic heterocycles. The number of hydrogen-bond acceptors (Lipinski definition) is 4. The van der Waals surface area contributed by atoms with E-state index in [2.05, 4.69) is 10.3 Å². The minimum Gasteiger partial charge on any atom is -0.494 e. The Bertz CT molecular complexity index is 484. The number of aryl methyl sites for hydroxylation is 1. The van der Waals surface area contributed by atoms with Crippen LogP contribution in [0.1, 0.15) is 31.6 Å². The Balaban J connectivity index is 1.72. The third kappa shape index (κ3) is 4.06. The van der Waals surface area contributed by atoms with Gasteiger partial charge in [0.1, 0.15) is 11.4 Å². The molecular weight excluding hydrogens is 242 g/mol. The number of ether oxygens (including phenoxy) is 1. The molecule has 0 fully saturated rings. The molecule has 0 aliphatic heterocycles. The molecule has 0 amide bonds. The molecule has 0 aliphatic carbocycles. The molecule has 0 bridgehead atoms. The van der Waals surface area contributed by atoms with Crippen molar-refractivity contribution in [3.63, 3.8) is 0 Å². The molecule has 1 unspecified atom stereocenters. The van der Waals surface area contributed by atoms with Crippen molar-refractivity contribution in [1.29, 1.82) is 0 Å². The van der Waals surface area contributed by atoms with Gasteiger partial charge in [0.05, 0.1) is 18.9 Å². The molecule has 102 valence electrons. The van der Waals surface area contributed by atoms with E-state index in [-0.39, 0.29) is 0 Å². The van der Waals surface area contributed by atoms with Gasteiger partial charge in [0.2, 0.25) is 0 Å². The van der Waals surface area contributed by atoms with E-state index in [0.717, 1.165) is 18.7 Å². The van der Waals surface area contributed by atoms with Gasteiger partial charge in [-0.3, -0.25) is 4.68 Å². The highest BCUT2D eigenvalue weighted by molar-refractivity contribution is 5.20. The number of aromatic nitrogens is 3.